The van der Waals surface area contributed by atoms with E-state index >= 15 is 0 Å². The minimum atomic E-state index is -1.15. The molecule has 1 aliphatic carbocycles. The first kappa shape index (κ1) is 13.9. The van der Waals surface area contributed by atoms with Gasteiger partial charge in [-0.3, -0.25) is 4.79 Å². The number of fused-ring (bicyclic) bond motifs is 2. The third-order valence-electron chi connectivity index (χ3n) is 4.67. The maximum absolute atomic E-state index is 12.7. The predicted molar refractivity (Wildman–Crippen MR) is 81.1 cm³/mol. The van der Waals surface area contributed by atoms with Gasteiger partial charge in [-0.1, -0.05) is 24.3 Å². The fourth-order valence-electron chi connectivity index (χ4n) is 3.32. The Balaban J connectivity index is 1.62. The largest absolute Gasteiger partial charge is 0.476 e. The van der Waals surface area contributed by atoms with Crippen LogP contribution >= 0.6 is 0 Å². The van der Waals surface area contributed by atoms with Crippen LogP contribution in [0.2, 0.25) is 0 Å². The van der Waals surface area contributed by atoms with E-state index in [1.165, 1.54) is 17.3 Å². The molecule has 6 heteroatoms. The van der Waals surface area contributed by atoms with Gasteiger partial charge in [0.2, 0.25) is 0 Å². The highest BCUT2D eigenvalue weighted by atomic mass is 16.4. The summed E-state index contributed by atoms with van der Waals surface area (Å²) in [6, 6.07) is 8.26. The van der Waals surface area contributed by atoms with E-state index in [4.69, 9.17) is 5.11 Å². The fraction of sp³-hybridized carbons (Fsp3) is 0.294. The van der Waals surface area contributed by atoms with Crippen molar-refractivity contribution >= 4 is 11.9 Å². The zero-order valence-corrected chi connectivity index (χ0v) is 12.4. The molecule has 23 heavy (non-hydrogen) atoms. The van der Waals surface area contributed by atoms with E-state index in [-0.39, 0.29) is 22.7 Å². The highest BCUT2D eigenvalue weighted by molar-refractivity contribution is 5.93. The Bertz CT molecular complexity index is 797. The number of hydrogen-bond donors (Lipinski definition) is 1. The van der Waals surface area contributed by atoms with E-state index in [9.17, 15) is 9.59 Å². The summed E-state index contributed by atoms with van der Waals surface area (Å²) >= 11 is 0. The van der Waals surface area contributed by atoms with Gasteiger partial charge in [-0.25, -0.2) is 14.8 Å². The Morgan fingerprint density at radius 3 is 2.43 bits per heavy atom. The molecule has 1 N–H and O–H groups in total. The summed E-state index contributed by atoms with van der Waals surface area (Å²) in [5.41, 5.74) is 2.66. The average Bonchev–Trinajstić information content (AvgIpc) is 3.34. The summed E-state index contributed by atoms with van der Waals surface area (Å²) in [5.74, 6) is -1.35. The van der Waals surface area contributed by atoms with Crippen molar-refractivity contribution in [2.75, 3.05) is 6.54 Å². The number of rotatable bonds is 2. The topological polar surface area (TPSA) is 83.4 Å². The number of carboxylic acids is 1. The van der Waals surface area contributed by atoms with Gasteiger partial charge in [-0.05, 0) is 24.0 Å². The van der Waals surface area contributed by atoms with Crippen LogP contribution in [0, 0.1) is 0 Å². The number of benzene rings is 1. The van der Waals surface area contributed by atoms with Gasteiger partial charge < -0.3 is 10.0 Å². The predicted octanol–water partition coefficient (Wildman–Crippen LogP) is 1.86. The van der Waals surface area contributed by atoms with Crippen LogP contribution in [0.1, 0.15) is 44.9 Å². The lowest BCUT2D eigenvalue weighted by molar-refractivity contribution is 0.0678. The number of amides is 1. The van der Waals surface area contributed by atoms with E-state index in [1.807, 2.05) is 12.1 Å². The van der Waals surface area contributed by atoms with Crippen molar-refractivity contribution in [1.29, 1.82) is 0 Å². The van der Waals surface area contributed by atoms with Crippen molar-refractivity contribution in [3.05, 3.63) is 59.2 Å². The lowest BCUT2D eigenvalue weighted by atomic mass is 9.87. The average molecular weight is 309 g/mol. The van der Waals surface area contributed by atoms with E-state index in [0.29, 0.717) is 13.1 Å². The summed E-state index contributed by atoms with van der Waals surface area (Å²) in [4.78, 5) is 33.0. The van der Waals surface area contributed by atoms with E-state index in [1.54, 1.807) is 4.90 Å². The Morgan fingerprint density at radius 1 is 1.09 bits per heavy atom. The molecule has 2 aliphatic rings. The van der Waals surface area contributed by atoms with Gasteiger partial charge in [0.25, 0.3) is 5.91 Å². The zero-order valence-electron chi connectivity index (χ0n) is 12.4. The van der Waals surface area contributed by atoms with Gasteiger partial charge in [0.05, 0.1) is 12.4 Å². The minimum Gasteiger partial charge on any atom is -0.476 e. The summed E-state index contributed by atoms with van der Waals surface area (Å²) in [5, 5.41) is 8.85. The first-order valence-corrected chi connectivity index (χ1v) is 7.52. The molecule has 116 valence electrons. The van der Waals surface area contributed by atoms with Crippen molar-refractivity contribution in [2.24, 2.45) is 0 Å². The maximum atomic E-state index is 12.7. The van der Waals surface area contributed by atoms with Crippen LogP contribution < -0.4 is 0 Å². The normalized spacial score (nSPS) is 17.7. The van der Waals surface area contributed by atoms with Crippen molar-refractivity contribution in [1.82, 2.24) is 14.9 Å². The third-order valence-corrected chi connectivity index (χ3v) is 4.67. The van der Waals surface area contributed by atoms with Crippen LogP contribution in [0.5, 0.6) is 0 Å². The standard InChI is InChI=1S/C17H15N3O3/c21-15(13-7-19-14(8-18-13)16(22)23)20-9-11-3-1-2-4-12(11)17(10-20)5-6-17/h1-4,7-8H,5-6,9-10H2,(H,22,23). The first-order valence-electron chi connectivity index (χ1n) is 7.52. The summed E-state index contributed by atoms with van der Waals surface area (Å²) in [7, 11) is 0. The second kappa shape index (κ2) is 4.87. The molecule has 0 saturated heterocycles. The molecule has 1 aliphatic heterocycles. The Morgan fingerprint density at radius 2 is 1.78 bits per heavy atom. The van der Waals surface area contributed by atoms with Gasteiger partial charge in [0.1, 0.15) is 5.69 Å². The highest BCUT2D eigenvalue weighted by Gasteiger charge is 2.49. The van der Waals surface area contributed by atoms with E-state index < -0.39 is 5.97 Å². The number of aromatic carboxylic acids is 1. The molecule has 1 spiro atoms. The smallest absolute Gasteiger partial charge is 0.356 e. The first-order chi connectivity index (χ1) is 11.1. The van der Waals surface area contributed by atoms with Crippen LogP contribution in [0.4, 0.5) is 0 Å². The molecule has 0 atom stereocenters. The number of carbonyl (C=O) groups is 2. The monoisotopic (exact) mass is 309 g/mol. The lowest BCUT2D eigenvalue weighted by Gasteiger charge is -2.34. The molecule has 0 unspecified atom stereocenters. The zero-order chi connectivity index (χ0) is 16.0. The van der Waals surface area contributed by atoms with Crippen molar-refractivity contribution in [3.8, 4) is 0 Å². The quantitative estimate of drug-likeness (QED) is 0.915. The molecule has 1 aromatic carbocycles. The number of carbonyl (C=O) groups excluding carboxylic acids is 1. The lowest BCUT2D eigenvalue weighted by Crippen LogP contribution is -2.42. The Labute approximate surface area is 132 Å². The van der Waals surface area contributed by atoms with Gasteiger partial charge in [0.15, 0.2) is 5.69 Å². The van der Waals surface area contributed by atoms with Crippen LogP contribution in [-0.2, 0) is 12.0 Å². The van der Waals surface area contributed by atoms with Gasteiger partial charge in [-0.2, -0.15) is 0 Å². The molecule has 1 saturated carbocycles. The van der Waals surface area contributed by atoms with Crippen LogP contribution in [0.15, 0.2) is 36.7 Å². The Hall–Kier alpha value is -2.76. The molecule has 4 rings (SSSR count). The van der Waals surface area contributed by atoms with Gasteiger partial charge in [-0.15, -0.1) is 0 Å². The molecule has 0 bridgehead atoms. The van der Waals surface area contributed by atoms with Gasteiger partial charge in [0, 0.05) is 18.5 Å². The summed E-state index contributed by atoms with van der Waals surface area (Å²) < 4.78 is 0. The SMILES string of the molecule is O=C(O)c1cnc(C(=O)N2Cc3ccccc3C3(CC3)C2)cn1. The second-order valence-corrected chi connectivity index (χ2v) is 6.19. The molecular formula is C17H15N3O3. The number of hydrogen-bond acceptors (Lipinski definition) is 4. The molecule has 1 fully saturated rings. The van der Waals surface area contributed by atoms with Crippen molar-refractivity contribution in [2.45, 2.75) is 24.8 Å². The Kier molecular flexibility index (Phi) is 2.94. The summed E-state index contributed by atoms with van der Waals surface area (Å²) in [6.07, 6.45) is 4.56. The molecule has 0 radical (unpaired) electrons. The minimum absolute atomic E-state index is 0.0962. The van der Waals surface area contributed by atoms with Crippen molar-refractivity contribution in [3.63, 3.8) is 0 Å². The van der Waals surface area contributed by atoms with Gasteiger partial charge >= 0.3 is 5.97 Å². The van der Waals surface area contributed by atoms with Crippen LogP contribution in [0.3, 0.4) is 0 Å². The van der Waals surface area contributed by atoms with Crippen LogP contribution in [0.25, 0.3) is 0 Å². The van der Waals surface area contributed by atoms with E-state index in [2.05, 4.69) is 22.1 Å². The maximum Gasteiger partial charge on any atom is 0.356 e. The summed E-state index contributed by atoms with van der Waals surface area (Å²) in [6.45, 7) is 1.24. The van der Waals surface area contributed by atoms with Crippen LogP contribution in [-0.4, -0.2) is 38.4 Å². The number of nitrogens with zero attached hydrogens (tertiary/aromatic N) is 3. The fourth-order valence-corrected chi connectivity index (χ4v) is 3.32. The molecule has 6 nitrogen and oxygen atoms in total. The molecule has 1 aromatic heterocycles. The van der Waals surface area contributed by atoms with Crippen molar-refractivity contribution < 1.29 is 14.7 Å². The third kappa shape index (κ3) is 2.27. The number of carboxylic acid groups (broad SMARTS) is 1. The highest BCUT2D eigenvalue weighted by Crippen LogP contribution is 2.52. The van der Waals surface area contributed by atoms with E-state index in [0.717, 1.165) is 19.0 Å². The second-order valence-electron chi connectivity index (χ2n) is 6.19. The molecular weight excluding hydrogens is 294 g/mol. The number of aromatic nitrogens is 2. The molecule has 1 amide bonds. The molecule has 2 aromatic rings. The molecule has 2 heterocycles.